The molecule has 1 amide bonds. The summed E-state index contributed by atoms with van der Waals surface area (Å²) in [5, 5.41) is 7.19. The van der Waals surface area contributed by atoms with Crippen LogP contribution in [0.3, 0.4) is 0 Å². The summed E-state index contributed by atoms with van der Waals surface area (Å²) >= 11 is 1.89. The molecule has 124 valence electrons. The number of amides is 1. The third-order valence-corrected chi connectivity index (χ3v) is 4.77. The Kier molecular flexibility index (Phi) is 6.32. The van der Waals surface area contributed by atoms with Crippen LogP contribution in [0.2, 0.25) is 0 Å². The van der Waals surface area contributed by atoms with Crippen LogP contribution in [0.1, 0.15) is 46.5 Å². The molecule has 1 aromatic rings. The summed E-state index contributed by atoms with van der Waals surface area (Å²) in [6.45, 7) is 8.20. The van der Waals surface area contributed by atoms with Crippen LogP contribution in [0.25, 0.3) is 0 Å². The lowest BCUT2D eigenvalue weighted by atomic mass is 10.2. The van der Waals surface area contributed by atoms with E-state index in [0.717, 1.165) is 43.9 Å². The number of nitrogens with one attached hydrogen (secondary N) is 1. The van der Waals surface area contributed by atoms with Crippen molar-refractivity contribution in [2.45, 2.75) is 63.9 Å². The molecule has 1 atom stereocenters. The SMILES string of the molecule is CC(C)(C)SCCCC(=O)Nc1cnn(CC2CCCO2)c1. The predicted octanol–water partition coefficient (Wildman–Crippen LogP) is 3.31. The topological polar surface area (TPSA) is 56.2 Å². The molecule has 0 spiro atoms. The maximum atomic E-state index is 11.9. The standard InChI is InChI=1S/C16H27N3O2S/c1-16(2,3)22-9-5-7-15(20)18-13-10-17-19(11-13)12-14-6-4-8-21-14/h10-11,14H,4-9,12H2,1-3H3,(H,18,20). The minimum atomic E-state index is 0.0613. The first kappa shape index (κ1) is 17.3. The number of anilines is 1. The van der Waals surface area contributed by atoms with E-state index >= 15 is 0 Å². The van der Waals surface area contributed by atoms with Crippen molar-refractivity contribution >= 4 is 23.4 Å². The number of ether oxygens (including phenoxy) is 1. The third kappa shape index (κ3) is 6.40. The van der Waals surface area contributed by atoms with Gasteiger partial charge in [0.05, 0.1) is 24.5 Å². The maximum Gasteiger partial charge on any atom is 0.224 e. The van der Waals surface area contributed by atoms with E-state index in [-0.39, 0.29) is 16.8 Å². The molecule has 1 aliphatic heterocycles. The van der Waals surface area contributed by atoms with Gasteiger partial charge in [-0.2, -0.15) is 16.9 Å². The molecule has 1 unspecified atom stereocenters. The van der Waals surface area contributed by atoms with Gasteiger partial charge >= 0.3 is 0 Å². The van der Waals surface area contributed by atoms with E-state index < -0.39 is 0 Å². The number of thioether (sulfide) groups is 1. The molecule has 1 N–H and O–H groups in total. The maximum absolute atomic E-state index is 11.9. The number of carbonyl (C=O) groups is 1. The number of aromatic nitrogens is 2. The Morgan fingerprint density at radius 3 is 3.05 bits per heavy atom. The van der Waals surface area contributed by atoms with Crippen LogP contribution < -0.4 is 5.32 Å². The van der Waals surface area contributed by atoms with Crippen LogP contribution in [0.4, 0.5) is 5.69 Å². The van der Waals surface area contributed by atoms with Crippen molar-refractivity contribution in [2.75, 3.05) is 17.7 Å². The Morgan fingerprint density at radius 2 is 2.36 bits per heavy atom. The molecular formula is C16H27N3O2S. The summed E-state index contributed by atoms with van der Waals surface area (Å²) in [4.78, 5) is 11.9. The van der Waals surface area contributed by atoms with Crippen LogP contribution in [0.15, 0.2) is 12.4 Å². The molecular weight excluding hydrogens is 298 g/mol. The summed E-state index contributed by atoms with van der Waals surface area (Å²) in [6, 6.07) is 0. The van der Waals surface area contributed by atoms with Gasteiger partial charge in [0, 0.05) is 24.0 Å². The van der Waals surface area contributed by atoms with E-state index in [1.165, 1.54) is 0 Å². The van der Waals surface area contributed by atoms with Crippen molar-refractivity contribution < 1.29 is 9.53 Å². The summed E-state index contributed by atoms with van der Waals surface area (Å²) in [6.07, 6.45) is 7.52. The highest BCUT2D eigenvalue weighted by Gasteiger charge is 2.16. The summed E-state index contributed by atoms with van der Waals surface area (Å²) < 4.78 is 7.70. The number of hydrogen-bond acceptors (Lipinski definition) is 4. The number of carbonyl (C=O) groups excluding carboxylic acids is 1. The molecule has 5 nitrogen and oxygen atoms in total. The fraction of sp³-hybridized carbons (Fsp3) is 0.750. The lowest BCUT2D eigenvalue weighted by molar-refractivity contribution is -0.116. The van der Waals surface area contributed by atoms with Crippen LogP contribution in [0, 0.1) is 0 Å². The Morgan fingerprint density at radius 1 is 1.55 bits per heavy atom. The highest BCUT2D eigenvalue weighted by Crippen LogP contribution is 2.24. The Bertz CT molecular complexity index is 476. The first-order valence-corrected chi connectivity index (χ1v) is 8.99. The Labute approximate surface area is 137 Å². The van der Waals surface area contributed by atoms with E-state index in [9.17, 15) is 4.79 Å². The highest BCUT2D eigenvalue weighted by atomic mass is 32.2. The Balaban J connectivity index is 1.67. The minimum Gasteiger partial charge on any atom is -0.376 e. The molecule has 0 aliphatic carbocycles. The molecule has 0 aromatic carbocycles. The van der Waals surface area contributed by atoms with Crippen molar-refractivity contribution in [1.29, 1.82) is 0 Å². The van der Waals surface area contributed by atoms with Crippen molar-refractivity contribution in [3.63, 3.8) is 0 Å². The number of rotatable bonds is 7. The van der Waals surface area contributed by atoms with Gasteiger partial charge in [0.25, 0.3) is 0 Å². The second kappa shape index (κ2) is 8.02. The van der Waals surface area contributed by atoms with Crippen molar-refractivity contribution in [3.8, 4) is 0 Å². The van der Waals surface area contributed by atoms with Crippen LogP contribution in [-0.4, -0.2) is 38.9 Å². The summed E-state index contributed by atoms with van der Waals surface area (Å²) in [5.74, 6) is 1.07. The fourth-order valence-electron chi connectivity index (χ4n) is 2.36. The normalized spacial score (nSPS) is 18.6. The molecule has 6 heteroatoms. The second-order valence-electron chi connectivity index (χ2n) is 6.70. The lowest BCUT2D eigenvalue weighted by Crippen LogP contribution is -2.15. The molecule has 1 saturated heterocycles. The van der Waals surface area contributed by atoms with Crippen LogP contribution >= 0.6 is 11.8 Å². The zero-order chi connectivity index (χ0) is 16.0. The van der Waals surface area contributed by atoms with Gasteiger partial charge in [-0.1, -0.05) is 20.8 Å². The average Bonchev–Trinajstić information content (AvgIpc) is 3.06. The van der Waals surface area contributed by atoms with E-state index in [1.54, 1.807) is 6.20 Å². The number of hydrogen-bond donors (Lipinski definition) is 1. The summed E-state index contributed by atoms with van der Waals surface area (Å²) in [5.41, 5.74) is 0.770. The van der Waals surface area contributed by atoms with E-state index in [1.807, 2.05) is 22.6 Å². The van der Waals surface area contributed by atoms with Crippen LogP contribution in [0.5, 0.6) is 0 Å². The quantitative estimate of drug-likeness (QED) is 0.781. The lowest BCUT2D eigenvalue weighted by Gasteiger charge is -2.16. The van der Waals surface area contributed by atoms with Gasteiger partial charge in [0.15, 0.2) is 0 Å². The molecule has 1 fully saturated rings. The molecule has 1 aliphatic rings. The van der Waals surface area contributed by atoms with E-state index in [4.69, 9.17) is 4.74 Å². The smallest absolute Gasteiger partial charge is 0.224 e. The second-order valence-corrected chi connectivity index (χ2v) is 8.62. The monoisotopic (exact) mass is 325 g/mol. The fourth-order valence-corrected chi connectivity index (χ4v) is 3.26. The molecule has 2 rings (SSSR count). The summed E-state index contributed by atoms with van der Waals surface area (Å²) in [7, 11) is 0. The predicted molar refractivity (Wildman–Crippen MR) is 91.3 cm³/mol. The third-order valence-electron chi connectivity index (χ3n) is 3.41. The van der Waals surface area contributed by atoms with Gasteiger partial charge in [0.1, 0.15) is 0 Å². The molecule has 1 aromatic heterocycles. The van der Waals surface area contributed by atoms with E-state index in [0.29, 0.717) is 6.42 Å². The average molecular weight is 325 g/mol. The van der Waals surface area contributed by atoms with Gasteiger partial charge in [0.2, 0.25) is 5.91 Å². The molecule has 0 radical (unpaired) electrons. The molecule has 0 bridgehead atoms. The molecule has 0 saturated carbocycles. The van der Waals surface area contributed by atoms with Crippen molar-refractivity contribution in [1.82, 2.24) is 9.78 Å². The molecule has 22 heavy (non-hydrogen) atoms. The van der Waals surface area contributed by atoms with Gasteiger partial charge in [-0.3, -0.25) is 9.48 Å². The number of nitrogens with zero attached hydrogens (tertiary/aromatic N) is 2. The van der Waals surface area contributed by atoms with Crippen LogP contribution in [-0.2, 0) is 16.1 Å². The minimum absolute atomic E-state index is 0.0613. The largest absolute Gasteiger partial charge is 0.376 e. The van der Waals surface area contributed by atoms with E-state index in [2.05, 4.69) is 31.2 Å². The first-order chi connectivity index (χ1) is 10.4. The van der Waals surface area contributed by atoms with Crippen molar-refractivity contribution in [2.24, 2.45) is 0 Å². The molecule has 2 heterocycles. The van der Waals surface area contributed by atoms with Gasteiger partial charge < -0.3 is 10.1 Å². The van der Waals surface area contributed by atoms with Gasteiger partial charge in [-0.15, -0.1) is 0 Å². The zero-order valence-corrected chi connectivity index (χ0v) is 14.6. The zero-order valence-electron chi connectivity index (χ0n) is 13.8. The first-order valence-electron chi connectivity index (χ1n) is 8.00. The van der Waals surface area contributed by atoms with Crippen molar-refractivity contribution in [3.05, 3.63) is 12.4 Å². The Hall–Kier alpha value is -1.01. The highest BCUT2D eigenvalue weighted by molar-refractivity contribution is 8.00. The van der Waals surface area contributed by atoms with Gasteiger partial charge in [-0.25, -0.2) is 0 Å². The van der Waals surface area contributed by atoms with Gasteiger partial charge in [-0.05, 0) is 25.0 Å².